The van der Waals surface area contributed by atoms with Gasteiger partial charge < -0.3 is 5.32 Å². The Hall–Kier alpha value is -0.290. The van der Waals surface area contributed by atoms with Gasteiger partial charge in [0.2, 0.25) is 0 Å². The average molecular weight is 252 g/mol. The molecule has 1 heterocycles. The zero-order valence-corrected chi connectivity index (χ0v) is 10.7. The molecule has 0 aliphatic carbocycles. The van der Waals surface area contributed by atoms with Gasteiger partial charge in [0.05, 0.1) is 6.54 Å². The molecule has 5 heteroatoms. The Morgan fingerprint density at radius 2 is 1.71 bits per heavy atom. The van der Waals surface area contributed by atoms with Crippen molar-refractivity contribution in [2.75, 3.05) is 19.6 Å². The van der Waals surface area contributed by atoms with Crippen molar-refractivity contribution in [2.24, 2.45) is 0 Å². The number of alkyl halides is 3. The maximum absolute atomic E-state index is 12.2. The second kappa shape index (κ2) is 6.59. The van der Waals surface area contributed by atoms with Crippen LogP contribution in [0.5, 0.6) is 0 Å². The first kappa shape index (κ1) is 14.8. The lowest BCUT2D eigenvalue weighted by molar-refractivity contribution is -0.148. The van der Waals surface area contributed by atoms with Crippen molar-refractivity contribution in [1.29, 1.82) is 0 Å². The molecule has 2 nitrogen and oxygen atoms in total. The minimum atomic E-state index is -4.06. The fourth-order valence-corrected chi connectivity index (χ4v) is 2.37. The molecule has 1 saturated heterocycles. The van der Waals surface area contributed by atoms with Crippen molar-refractivity contribution in [3.05, 3.63) is 0 Å². The molecule has 1 N–H and O–H groups in total. The van der Waals surface area contributed by atoms with Crippen molar-refractivity contribution in [1.82, 2.24) is 10.2 Å². The standard InChI is InChI=1S/C12H23F3N2/c1-3-10(4-2)16-11-5-7-17(8-6-11)9-12(13,14)15/h10-11,16H,3-9H2,1-2H3. The highest BCUT2D eigenvalue weighted by atomic mass is 19.4. The van der Waals surface area contributed by atoms with Gasteiger partial charge in [-0.1, -0.05) is 13.8 Å². The maximum atomic E-state index is 12.2. The summed E-state index contributed by atoms with van der Waals surface area (Å²) in [6.45, 7) is 4.62. The lowest BCUT2D eigenvalue weighted by atomic mass is 10.0. The molecule has 1 aliphatic heterocycles. The van der Waals surface area contributed by atoms with Crippen LogP contribution in [0.3, 0.4) is 0 Å². The Morgan fingerprint density at radius 3 is 2.12 bits per heavy atom. The lowest BCUT2D eigenvalue weighted by Crippen LogP contribution is -2.47. The first-order valence-corrected chi connectivity index (χ1v) is 6.49. The third kappa shape index (κ3) is 5.73. The number of rotatable bonds is 5. The van der Waals surface area contributed by atoms with Crippen LogP contribution in [-0.4, -0.2) is 42.8 Å². The van der Waals surface area contributed by atoms with Gasteiger partial charge >= 0.3 is 6.18 Å². The Balaban J connectivity index is 2.26. The van der Waals surface area contributed by atoms with Crippen LogP contribution in [0.4, 0.5) is 13.2 Å². The Kier molecular flexibility index (Phi) is 5.73. The molecular formula is C12H23F3N2. The van der Waals surface area contributed by atoms with Crippen molar-refractivity contribution in [2.45, 2.75) is 57.8 Å². The lowest BCUT2D eigenvalue weighted by Gasteiger charge is -2.34. The number of halogens is 3. The number of piperidine rings is 1. The fraction of sp³-hybridized carbons (Fsp3) is 1.00. The number of hydrogen-bond donors (Lipinski definition) is 1. The summed E-state index contributed by atoms with van der Waals surface area (Å²) in [5.41, 5.74) is 0. The van der Waals surface area contributed by atoms with Gasteiger partial charge in [-0.15, -0.1) is 0 Å². The molecule has 0 atom stereocenters. The Morgan fingerprint density at radius 1 is 1.18 bits per heavy atom. The van der Waals surface area contributed by atoms with E-state index in [4.69, 9.17) is 0 Å². The summed E-state index contributed by atoms with van der Waals surface area (Å²) in [4.78, 5) is 1.51. The van der Waals surface area contributed by atoms with Crippen molar-refractivity contribution < 1.29 is 13.2 Å². The van der Waals surface area contributed by atoms with Crippen molar-refractivity contribution in [3.8, 4) is 0 Å². The average Bonchev–Trinajstić information content (AvgIpc) is 2.26. The van der Waals surface area contributed by atoms with Gasteiger partial charge in [-0.25, -0.2) is 0 Å². The molecule has 0 saturated carbocycles. The van der Waals surface area contributed by atoms with Crippen LogP contribution in [0.15, 0.2) is 0 Å². The molecule has 0 amide bonds. The summed E-state index contributed by atoms with van der Waals surface area (Å²) in [5, 5.41) is 3.53. The summed E-state index contributed by atoms with van der Waals surface area (Å²) >= 11 is 0. The molecule has 0 aromatic rings. The summed E-state index contributed by atoms with van der Waals surface area (Å²) < 4.78 is 36.6. The van der Waals surface area contributed by atoms with E-state index in [1.165, 1.54) is 4.90 Å². The van der Waals surface area contributed by atoms with Crippen molar-refractivity contribution in [3.63, 3.8) is 0 Å². The van der Waals surface area contributed by atoms with Gasteiger partial charge in [0.25, 0.3) is 0 Å². The molecule has 0 aromatic carbocycles. The Bertz CT molecular complexity index is 206. The summed E-state index contributed by atoms with van der Waals surface area (Å²) in [7, 11) is 0. The smallest absolute Gasteiger partial charge is 0.311 e. The van der Waals surface area contributed by atoms with Crippen LogP contribution in [0.25, 0.3) is 0 Å². The van der Waals surface area contributed by atoms with Crippen LogP contribution in [-0.2, 0) is 0 Å². The van der Waals surface area contributed by atoms with E-state index in [-0.39, 0.29) is 0 Å². The molecule has 0 bridgehead atoms. The van der Waals surface area contributed by atoms with Gasteiger partial charge in [-0.05, 0) is 38.8 Å². The first-order chi connectivity index (χ1) is 7.94. The molecule has 1 rings (SSSR count). The molecule has 102 valence electrons. The van der Waals surface area contributed by atoms with Crippen molar-refractivity contribution >= 4 is 0 Å². The van der Waals surface area contributed by atoms with Gasteiger partial charge in [-0.2, -0.15) is 13.2 Å². The van der Waals surface area contributed by atoms with E-state index in [0.717, 1.165) is 25.7 Å². The quantitative estimate of drug-likeness (QED) is 0.809. The van der Waals surface area contributed by atoms with Crippen LogP contribution < -0.4 is 5.32 Å². The molecule has 0 radical (unpaired) electrons. The third-order valence-electron chi connectivity index (χ3n) is 3.45. The first-order valence-electron chi connectivity index (χ1n) is 6.49. The number of nitrogens with zero attached hydrogens (tertiary/aromatic N) is 1. The molecule has 0 spiro atoms. The molecule has 1 aliphatic rings. The van der Waals surface area contributed by atoms with Crippen LogP contribution in [0.1, 0.15) is 39.5 Å². The van der Waals surface area contributed by atoms with E-state index < -0.39 is 12.7 Å². The highest BCUT2D eigenvalue weighted by Crippen LogP contribution is 2.20. The maximum Gasteiger partial charge on any atom is 0.401 e. The molecule has 17 heavy (non-hydrogen) atoms. The van der Waals surface area contributed by atoms with E-state index in [1.807, 2.05) is 0 Å². The van der Waals surface area contributed by atoms with E-state index in [0.29, 0.717) is 25.2 Å². The normalized spacial score (nSPS) is 20.1. The minimum Gasteiger partial charge on any atom is -0.311 e. The topological polar surface area (TPSA) is 15.3 Å². The van der Waals surface area contributed by atoms with Gasteiger partial charge in [0, 0.05) is 12.1 Å². The van der Waals surface area contributed by atoms with E-state index in [2.05, 4.69) is 19.2 Å². The van der Waals surface area contributed by atoms with Crippen LogP contribution in [0, 0.1) is 0 Å². The largest absolute Gasteiger partial charge is 0.401 e. The molecular weight excluding hydrogens is 229 g/mol. The number of hydrogen-bond acceptors (Lipinski definition) is 2. The van der Waals surface area contributed by atoms with E-state index in [1.54, 1.807) is 0 Å². The zero-order chi connectivity index (χ0) is 12.9. The van der Waals surface area contributed by atoms with E-state index in [9.17, 15) is 13.2 Å². The predicted octanol–water partition coefficient (Wildman–Crippen LogP) is 2.79. The number of nitrogens with one attached hydrogen (secondary N) is 1. The Labute approximate surface area is 102 Å². The zero-order valence-electron chi connectivity index (χ0n) is 10.7. The van der Waals surface area contributed by atoms with Gasteiger partial charge in [-0.3, -0.25) is 4.90 Å². The van der Waals surface area contributed by atoms with Crippen LogP contribution in [0.2, 0.25) is 0 Å². The number of likely N-dealkylation sites (tertiary alicyclic amines) is 1. The highest BCUT2D eigenvalue weighted by molar-refractivity contribution is 4.80. The predicted molar refractivity (Wildman–Crippen MR) is 63.0 cm³/mol. The SMILES string of the molecule is CCC(CC)NC1CCN(CC(F)(F)F)CC1. The van der Waals surface area contributed by atoms with Gasteiger partial charge in [0.15, 0.2) is 0 Å². The fourth-order valence-electron chi connectivity index (χ4n) is 2.37. The van der Waals surface area contributed by atoms with E-state index >= 15 is 0 Å². The monoisotopic (exact) mass is 252 g/mol. The molecule has 0 aromatic heterocycles. The summed E-state index contributed by atoms with van der Waals surface area (Å²) in [6, 6.07) is 0.901. The third-order valence-corrected chi connectivity index (χ3v) is 3.45. The molecule has 0 unspecified atom stereocenters. The minimum absolute atomic E-state index is 0.393. The summed E-state index contributed by atoms with van der Waals surface area (Å²) in [5.74, 6) is 0. The van der Waals surface area contributed by atoms with Gasteiger partial charge in [0.1, 0.15) is 0 Å². The highest BCUT2D eigenvalue weighted by Gasteiger charge is 2.32. The second-order valence-electron chi connectivity index (χ2n) is 4.85. The summed E-state index contributed by atoms with van der Waals surface area (Å²) in [6.07, 6.45) is -0.243. The second-order valence-corrected chi connectivity index (χ2v) is 4.85. The van der Waals surface area contributed by atoms with Crippen LogP contribution >= 0.6 is 0 Å². The molecule has 1 fully saturated rings.